The van der Waals surface area contributed by atoms with E-state index in [0.717, 1.165) is 64.2 Å². The van der Waals surface area contributed by atoms with E-state index in [1.54, 1.807) is 0 Å². The summed E-state index contributed by atoms with van der Waals surface area (Å²) in [7, 11) is -4.77. The molecule has 0 radical (unpaired) electrons. The van der Waals surface area contributed by atoms with E-state index in [1.807, 2.05) is 12.2 Å². The summed E-state index contributed by atoms with van der Waals surface area (Å²) < 4.78 is 26.3. The molecule has 0 saturated carbocycles. The largest absolute Gasteiger partial charge is 0.469 e. The summed E-state index contributed by atoms with van der Waals surface area (Å²) >= 11 is 0. The first-order valence-electron chi connectivity index (χ1n) is 19.2. The minimum absolute atomic E-state index is 0.129. The van der Waals surface area contributed by atoms with Crippen molar-refractivity contribution < 1.29 is 37.9 Å². The van der Waals surface area contributed by atoms with Gasteiger partial charge in [-0.05, 0) is 77.0 Å². The van der Waals surface area contributed by atoms with Crippen LogP contribution >= 0.6 is 7.82 Å². The van der Waals surface area contributed by atoms with Crippen molar-refractivity contribution in [1.29, 1.82) is 0 Å². The average Bonchev–Trinajstić information content (AvgIpc) is 3.08. The van der Waals surface area contributed by atoms with E-state index in [-0.39, 0.29) is 19.4 Å². The van der Waals surface area contributed by atoms with Crippen LogP contribution in [0, 0.1) is 0 Å². The molecule has 0 aliphatic rings. The first-order chi connectivity index (χ1) is 24.3. The van der Waals surface area contributed by atoms with Gasteiger partial charge in [0.1, 0.15) is 6.61 Å². The second-order valence-corrected chi connectivity index (χ2v) is 13.8. The van der Waals surface area contributed by atoms with Crippen LogP contribution in [0.3, 0.4) is 0 Å². The third-order valence-electron chi connectivity index (χ3n) is 7.71. The lowest BCUT2D eigenvalue weighted by molar-refractivity contribution is -0.161. The van der Waals surface area contributed by atoms with Crippen molar-refractivity contribution in [2.75, 3.05) is 13.2 Å². The SMILES string of the molecule is CC/C=C\C/C=C\C/C=C\C/C=C\C/C=C\CCCC(=O)OC(COC(=O)CCCCCCC/C=C\CCCCCCCC)COP(=O)(O)O. The Bertz CT molecular complexity index is 1040. The van der Waals surface area contributed by atoms with Crippen molar-refractivity contribution in [3.63, 3.8) is 0 Å². The summed E-state index contributed by atoms with van der Waals surface area (Å²) in [6.45, 7) is 3.49. The van der Waals surface area contributed by atoms with Gasteiger partial charge < -0.3 is 19.3 Å². The van der Waals surface area contributed by atoms with Crippen LogP contribution in [0.25, 0.3) is 0 Å². The molecule has 0 aliphatic carbocycles. The van der Waals surface area contributed by atoms with E-state index in [1.165, 1.54) is 44.9 Å². The van der Waals surface area contributed by atoms with Crippen LogP contribution in [0.5, 0.6) is 0 Å². The zero-order chi connectivity index (χ0) is 36.8. The van der Waals surface area contributed by atoms with E-state index in [4.69, 9.17) is 19.3 Å². The van der Waals surface area contributed by atoms with Crippen LogP contribution in [0.15, 0.2) is 72.9 Å². The van der Waals surface area contributed by atoms with Crippen molar-refractivity contribution >= 4 is 19.8 Å². The number of phosphoric ester groups is 1. The van der Waals surface area contributed by atoms with Gasteiger partial charge in [0.25, 0.3) is 0 Å². The van der Waals surface area contributed by atoms with Gasteiger partial charge in [-0.2, -0.15) is 0 Å². The van der Waals surface area contributed by atoms with Crippen LogP contribution in [-0.2, 0) is 28.2 Å². The number of hydrogen-bond acceptors (Lipinski definition) is 6. The molecule has 0 fully saturated rings. The summed E-state index contributed by atoms with van der Waals surface area (Å²) in [6, 6.07) is 0. The van der Waals surface area contributed by atoms with Gasteiger partial charge in [-0.25, -0.2) is 4.57 Å². The molecule has 0 saturated heterocycles. The Morgan fingerprint density at radius 3 is 1.52 bits per heavy atom. The van der Waals surface area contributed by atoms with E-state index < -0.39 is 32.5 Å². The average molecular weight is 721 g/mol. The zero-order valence-corrected chi connectivity index (χ0v) is 32.2. The molecule has 1 unspecified atom stereocenters. The number of rotatable bonds is 34. The molecule has 50 heavy (non-hydrogen) atoms. The predicted molar refractivity (Wildman–Crippen MR) is 207 cm³/mol. The maximum Gasteiger partial charge on any atom is 0.469 e. The first kappa shape index (κ1) is 47.5. The van der Waals surface area contributed by atoms with Gasteiger partial charge in [0.05, 0.1) is 6.61 Å². The third kappa shape index (κ3) is 38.3. The van der Waals surface area contributed by atoms with Crippen molar-refractivity contribution in [2.45, 2.75) is 161 Å². The Hall–Kier alpha value is -2.51. The smallest absolute Gasteiger partial charge is 0.462 e. The molecule has 8 nitrogen and oxygen atoms in total. The fourth-order valence-corrected chi connectivity index (χ4v) is 5.23. The van der Waals surface area contributed by atoms with E-state index in [2.05, 4.69) is 79.1 Å². The maximum absolute atomic E-state index is 12.3. The molecule has 0 heterocycles. The second-order valence-electron chi connectivity index (χ2n) is 12.5. The van der Waals surface area contributed by atoms with Gasteiger partial charge in [-0.1, -0.05) is 138 Å². The molecule has 0 aromatic carbocycles. The molecule has 286 valence electrons. The third-order valence-corrected chi connectivity index (χ3v) is 8.19. The van der Waals surface area contributed by atoms with Crippen molar-refractivity contribution in [1.82, 2.24) is 0 Å². The van der Waals surface area contributed by atoms with Crippen LogP contribution < -0.4 is 0 Å². The highest BCUT2D eigenvalue weighted by atomic mass is 31.2. The summed E-state index contributed by atoms with van der Waals surface area (Å²) in [6.07, 6.45) is 46.3. The number of allylic oxidation sites excluding steroid dienone is 12. The van der Waals surface area contributed by atoms with Gasteiger partial charge in [0, 0.05) is 12.8 Å². The fourth-order valence-electron chi connectivity index (χ4n) is 4.87. The number of unbranched alkanes of at least 4 members (excludes halogenated alkanes) is 12. The molecule has 2 N–H and O–H groups in total. The highest BCUT2D eigenvalue weighted by molar-refractivity contribution is 7.46. The number of carbonyl (C=O) groups is 2. The number of esters is 2. The molecule has 0 aliphatic heterocycles. The van der Waals surface area contributed by atoms with Crippen LogP contribution in [0.4, 0.5) is 0 Å². The molecule has 0 aromatic heterocycles. The molecular formula is C41H69O8P. The molecule has 0 rings (SSSR count). The van der Waals surface area contributed by atoms with E-state index in [0.29, 0.717) is 19.3 Å². The summed E-state index contributed by atoms with van der Waals surface area (Å²) in [4.78, 5) is 42.7. The topological polar surface area (TPSA) is 119 Å². The van der Waals surface area contributed by atoms with Crippen molar-refractivity contribution in [2.24, 2.45) is 0 Å². The normalized spacial score (nSPS) is 13.3. The van der Waals surface area contributed by atoms with Gasteiger partial charge in [0.15, 0.2) is 6.10 Å². The quantitative estimate of drug-likeness (QED) is 0.0292. The molecule has 0 aromatic rings. The molecule has 0 bridgehead atoms. The van der Waals surface area contributed by atoms with E-state index >= 15 is 0 Å². The minimum atomic E-state index is -4.77. The summed E-state index contributed by atoms with van der Waals surface area (Å²) in [5.74, 6) is -0.969. The molecular weight excluding hydrogens is 651 g/mol. The van der Waals surface area contributed by atoms with Gasteiger partial charge in [-0.15, -0.1) is 0 Å². The number of phosphoric acid groups is 1. The highest BCUT2D eigenvalue weighted by Crippen LogP contribution is 2.35. The maximum atomic E-state index is 12.3. The Morgan fingerprint density at radius 2 is 0.980 bits per heavy atom. The van der Waals surface area contributed by atoms with Crippen molar-refractivity contribution in [3.8, 4) is 0 Å². The number of hydrogen-bond donors (Lipinski definition) is 2. The Labute approximate surface area is 304 Å². The van der Waals surface area contributed by atoms with E-state index in [9.17, 15) is 14.2 Å². The van der Waals surface area contributed by atoms with Crippen LogP contribution in [0.2, 0.25) is 0 Å². The van der Waals surface area contributed by atoms with Gasteiger partial charge >= 0.3 is 19.8 Å². The second kappa shape index (κ2) is 36.3. The Kier molecular flexibility index (Phi) is 34.5. The number of carbonyl (C=O) groups excluding carboxylic acids is 2. The monoisotopic (exact) mass is 720 g/mol. The zero-order valence-electron chi connectivity index (χ0n) is 31.3. The molecule has 1 atom stereocenters. The van der Waals surface area contributed by atoms with Crippen LogP contribution in [-0.4, -0.2) is 41.0 Å². The standard InChI is InChI=1S/C41H69O8P/c1-3-5-7-9-11-13-15-17-19-20-22-24-26-28-30-32-34-36-41(43)49-39(38-48-50(44,45)46)37-47-40(42)35-33-31-29-27-25-23-21-18-16-14-12-10-8-6-4-2/h5,7,11,13,17-19,21-22,24,28,30,39H,3-4,6,8-10,12,14-16,20,23,25-27,29,31-38H2,1-2H3,(H2,44,45,46)/b7-5-,13-11-,19-17-,21-18-,24-22-,30-28-. The Balaban J connectivity index is 4.10. The first-order valence-corrected chi connectivity index (χ1v) is 20.8. The van der Waals surface area contributed by atoms with Crippen LogP contribution in [0.1, 0.15) is 155 Å². The lowest BCUT2D eigenvalue weighted by Gasteiger charge is -2.18. The predicted octanol–water partition coefficient (Wildman–Crippen LogP) is 11.5. The Morgan fingerprint density at radius 1 is 0.540 bits per heavy atom. The summed E-state index contributed by atoms with van der Waals surface area (Å²) in [5.41, 5.74) is 0. The lowest BCUT2D eigenvalue weighted by atomic mass is 10.1. The van der Waals surface area contributed by atoms with Gasteiger partial charge in [0.2, 0.25) is 0 Å². The molecule has 9 heteroatoms. The number of ether oxygens (including phenoxy) is 2. The minimum Gasteiger partial charge on any atom is -0.462 e. The van der Waals surface area contributed by atoms with Gasteiger partial charge in [-0.3, -0.25) is 14.1 Å². The fraction of sp³-hybridized carbons (Fsp3) is 0.659. The van der Waals surface area contributed by atoms with Crippen molar-refractivity contribution in [3.05, 3.63) is 72.9 Å². The molecule has 0 spiro atoms. The highest BCUT2D eigenvalue weighted by Gasteiger charge is 2.22. The lowest BCUT2D eigenvalue weighted by Crippen LogP contribution is -2.29. The summed E-state index contributed by atoms with van der Waals surface area (Å²) in [5, 5.41) is 0. The molecule has 0 amide bonds.